The van der Waals surface area contributed by atoms with Crippen LogP contribution in [0.5, 0.6) is 0 Å². The van der Waals surface area contributed by atoms with Crippen LogP contribution in [-0.2, 0) is 23.3 Å². The Morgan fingerprint density at radius 2 is 2.20 bits per heavy atom. The van der Waals surface area contributed by atoms with E-state index in [-0.39, 0.29) is 5.54 Å². The summed E-state index contributed by atoms with van der Waals surface area (Å²) in [5.41, 5.74) is 2.40. The van der Waals surface area contributed by atoms with Crippen molar-refractivity contribution in [1.29, 1.82) is 0 Å². The van der Waals surface area contributed by atoms with Crippen LogP contribution in [0.25, 0.3) is 0 Å². The lowest BCUT2D eigenvalue weighted by molar-refractivity contribution is -0.119. The predicted molar refractivity (Wildman–Crippen MR) is 57.4 cm³/mol. The number of imidazole rings is 1. The molecule has 4 heteroatoms. The standard InChI is InChI=1S/C11H17N3O/c1-11(2,3)14-7-12-9-6-13(8-15)5-4-10(9)14/h7-8H,4-6H2,1-3H3. The van der Waals surface area contributed by atoms with Gasteiger partial charge in [-0.05, 0) is 20.8 Å². The van der Waals surface area contributed by atoms with Crippen LogP contribution in [0.4, 0.5) is 0 Å². The Balaban J connectivity index is 2.34. The van der Waals surface area contributed by atoms with Crippen LogP contribution in [0, 0.1) is 0 Å². The number of nitrogens with zero attached hydrogens (tertiary/aromatic N) is 3. The molecule has 0 bridgehead atoms. The lowest BCUT2D eigenvalue weighted by Gasteiger charge is -2.28. The molecule has 0 aromatic carbocycles. The first-order valence-electron chi connectivity index (χ1n) is 5.27. The summed E-state index contributed by atoms with van der Waals surface area (Å²) in [4.78, 5) is 16.8. The molecular weight excluding hydrogens is 190 g/mol. The number of rotatable bonds is 1. The van der Waals surface area contributed by atoms with E-state index >= 15 is 0 Å². The SMILES string of the molecule is CC(C)(C)n1cnc2c1CCN(C=O)C2. The van der Waals surface area contributed by atoms with Gasteiger partial charge in [-0.25, -0.2) is 4.98 Å². The van der Waals surface area contributed by atoms with Gasteiger partial charge in [-0.3, -0.25) is 4.79 Å². The molecule has 1 aromatic rings. The van der Waals surface area contributed by atoms with Gasteiger partial charge in [-0.15, -0.1) is 0 Å². The fourth-order valence-electron chi connectivity index (χ4n) is 2.00. The second-order valence-corrected chi connectivity index (χ2v) is 5.00. The van der Waals surface area contributed by atoms with Crippen LogP contribution in [0.15, 0.2) is 6.33 Å². The van der Waals surface area contributed by atoms with Crippen molar-refractivity contribution in [1.82, 2.24) is 14.5 Å². The van der Waals surface area contributed by atoms with Gasteiger partial charge in [0.05, 0.1) is 18.6 Å². The molecule has 1 amide bonds. The van der Waals surface area contributed by atoms with Gasteiger partial charge in [0.1, 0.15) is 0 Å². The summed E-state index contributed by atoms with van der Waals surface area (Å²) >= 11 is 0. The maximum Gasteiger partial charge on any atom is 0.210 e. The molecule has 4 nitrogen and oxygen atoms in total. The van der Waals surface area contributed by atoms with E-state index in [0.29, 0.717) is 6.54 Å². The smallest absolute Gasteiger partial charge is 0.210 e. The number of carbonyl (C=O) groups is 1. The van der Waals surface area contributed by atoms with Crippen molar-refractivity contribution in [2.24, 2.45) is 0 Å². The van der Waals surface area contributed by atoms with Crippen molar-refractivity contribution in [2.45, 2.75) is 39.3 Å². The van der Waals surface area contributed by atoms with Gasteiger partial charge in [-0.1, -0.05) is 0 Å². The monoisotopic (exact) mass is 207 g/mol. The van der Waals surface area contributed by atoms with Crippen molar-refractivity contribution >= 4 is 6.41 Å². The van der Waals surface area contributed by atoms with Gasteiger partial charge in [0, 0.05) is 24.2 Å². The minimum absolute atomic E-state index is 0.0733. The fourth-order valence-corrected chi connectivity index (χ4v) is 2.00. The van der Waals surface area contributed by atoms with Crippen molar-refractivity contribution < 1.29 is 4.79 Å². The first-order chi connectivity index (χ1) is 7.02. The van der Waals surface area contributed by atoms with Crippen LogP contribution in [0.3, 0.4) is 0 Å². The summed E-state index contributed by atoms with van der Waals surface area (Å²) in [5.74, 6) is 0. The summed E-state index contributed by atoms with van der Waals surface area (Å²) in [6.45, 7) is 7.96. The van der Waals surface area contributed by atoms with Crippen LogP contribution in [0.1, 0.15) is 32.2 Å². The maximum atomic E-state index is 10.7. The van der Waals surface area contributed by atoms with Crippen LogP contribution < -0.4 is 0 Å². The Labute approximate surface area is 89.9 Å². The first-order valence-corrected chi connectivity index (χ1v) is 5.27. The lowest BCUT2D eigenvalue weighted by atomic mass is 10.1. The van der Waals surface area contributed by atoms with E-state index < -0.39 is 0 Å². The molecule has 0 radical (unpaired) electrons. The highest BCUT2D eigenvalue weighted by Gasteiger charge is 2.24. The Morgan fingerprint density at radius 3 is 2.80 bits per heavy atom. The minimum atomic E-state index is 0.0733. The molecule has 0 unspecified atom stereocenters. The zero-order chi connectivity index (χ0) is 11.1. The molecule has 2 heterocycles. The number of fused-ring (bicyclic) bond motifs is 1. The molecule has 1 aromatic heterocycles. The molecule has 0 fully saturated rings. The van der Waals surface area contributed by atoms with Crippen molar-refractivity contribution in [3.63, 3.8) is 0 Å². The number of amides is 1. The highest BCUT2D eigenvalue weighted by atomic mass is 16.1. The lowest BCUT2D eigenvalue weighted by Crippen LogP contribution is -2.32. The molecule has 2 rings (SSSR count). The fraction of sp³-hybridized carbons (Fsp3) is 0.636. The quantitative estimate of drug-likeness (QED) is 0.648. The molecule has 0 aliphatic carbocycles. The molecule has 15 heavy (non-hydrogen) atoms. The molecule has 82 valence electrons. The van der Waals surface area contributed by atoms with Crippen LogP contribution in [0.2, 0.25) is 0 Å². The van der Waals surface area contributed by atoms with E-state index in [1.807, 2.05) is 6.33 Å². The molecule has 0 spiro atoms. The molecule has 0 N–H and O–H groups in total. The molecule has 1 aliphatic heterocycles. The zero-order valence-electron chi connectivity index (χ0n) is 9.53. The van der Waals surface area contributed by atoms with Crippen molar-refractivity contribution in [3.8, 4) is 0 Å². The third kappa shape index (κ3) is 1.76. The average molecular weight is 207 g/mol. The van der Waals surface area contributed by atoms with E-state index in [4.69, 9.17) is 0 Å². The van der Waals surface area contributed by atoms with E-state index in [0.717, 1.165) is 25.1 Å². The van der Waals surface area contributed by atoms with Gasteiger partial charge >= 0.3 is 0 Å². The number of hydrogen-bond acceptors (Lipinski definition) is 2. The van der Waals surface area contributed by atoms with Gasteiger partial charge < -0.3 is 9.47 Å². The number of carbonyl (C=O) groups excluding carboxylic acids is 1. The second kappa shape index (κ2) is 3.36. The van der Waals surface area contributed by atoms with E-state index in [1.54, 1.807) is 4.90 Å². The molecule has 0 atom stereocenters. The Hall–Kier alpha value is -1.32. The summed E-state index contributed by atoms with van der Waals surface area (Å²) < 4.78 is 2.21. The molecule has 0 saturated carbocycles. The first kappa shape index (κ1) is 10.2. The average Bonchev–Trinajstić information content (AvgIpc) is 2.59. The highest BCUT2D eigenvalue weighted by molar-refractivity contribution is 5.48. The van der Waals surface area contributed by atoms with Crippen molar-refractivity contribution in [3.05, 3.63) is 17.7 Å². The topological polar surface area (TPSA) is 38.1 Å². The van der Waals surface area contributed by atoms with E-state index in [2.05, 4.69) is 30.3 Å². The number of aromatic nitrogens is 2. The largest absolute Gasteiger partial charge is 0.339 e. The van der Waals surface area contributed by atoms with E-state index in [1.165, 1.54) is 5.69 Å². The summed E-state index contributed by atoms with van der Waals surface area (Å²) in [6.07, 6.45) is 3.70. The van der Waals surface area contributed by atoms with Gasteiger partial charge in [0.15, 0.2) is 0 Å². The van der Waals surface area contributed by atoms with Crippen LogP contribution in [-0.4, -0.2) is 27.4 Å². The number of hydrogen-bond donors (Lipinski definition) is 0. The molecule has 1 aliphatic rings. The Kier molecular flexibility index (Phi) is 2.29. The summed E-state index contributed by atoms with van der Waals surface area (Å²) in [5, 5.41) is 0. The predicted octanol–water partition coefficient (Wildman–Crippen LogP) is 1.15. The third-order valence-corrected chi connectivity index (χ3v) is 2.81. The third-order valence-electron chi connectivity index (χ3n) is 2.81. The molecule has 0 saturated heterocycles. The Morgan fingerprint density at radius 1 is 1.47 bits per heavy atom. The van der Waals surface area contributed by atoms with Crippen LogP contribution >= 0.6 is 0 Å². The van der Waals surface area contributed by atoms with Gasteiger partial charge in [0.2, 0.25) is 6.41 Å². The normalized spacial score (nSPS) is 16.3. The van der Waals surface area contributed by atoms with Crippen molar-refractivity contribution in [2.75, 3.05) is 6.54 Å². The summed E-state index contributed by atoms with van der Waals surface area (Å²) in [7, 11) is 0. The van der Waals surface area contributed by atoms with Gasteiger partial charge in [0.25, 0.3) is 0 Å². The maximum absolute atomic E-state index is 10.7. The Bertz CT molecular complexity index is 376. The molecular formula is C11H17N3O. The summed E-state index contributed by atoms with van der Waals surface area (Å²) in [6, 6.07) is 0. The second-order valence-electron chi connectivity index (χ2n) is 5.00. The zero-order valence-corrected chi connectivity index (χ0v) is 9.53. The highest BCUT2D eigenvalue weighted by Crippen LogP contribution is 2.23. The van der Waals surface area contributed by atoms with E-state index in [9.17, 15) is 4.79 Å². The van der Waals surface area contributed by atoms with Gasteiger partial charge in [-0.2, -0.15) is 0 Å². The minimum Gasteiger partial charge on any atom is -0.339 e.